The molecule has 0 radical (unpaired) electrons. The zero-order valence-corrected chi connectivity index (χ0v) is 16.4. The standard InChI is InChI=1S/C21H20FNO4S/c1-13-19-15(22)7-5-9-17(19)28-20(13)21(25)27-12-18(24)23-11-10-14-6-3-4-8-16(14)26-2/h3-9H,10-12H2,1-2H3,(H,23,24). The van der Waals surface area contributed by atoms with E-state index in [4.69, 9.17) is 9.47 Å². The number of fused-ring (bicyclic) bond motifs is 1. The van der Waals surface area contributed by atoms with Gasteiger partial charge in [-0.3, -0.25) is 4.79 Å². The number of methoxy groups -OCH3 is 1. The van der Waals surface area contributed by atoms with Crippen LogP contribution in [0.4, 0.5) is 4.39 Å². The number of carbonyl (C=O) groups is 2. The first-order valence-electron chi connectivity index (χ1n) is 8.74. The molecule has 0 saturated heterocycles. The molecule has 0 fully saturated rings. The lowest BCUT2D eigenvalue weighted by molar-refractivity contribution is -0.124. The van der Waals surface area contributed by atoms with Gasteiger partial charge in [0.15, 0.2) is 6.61 Å². The van der Waals surface area contributed by atoms with E-state index in [2.05, 4.69) is 5.32 Å². The van der Waals surface area contributed by atoms with Gasteiger partial charge in [-0.1, -0.05) is 24.3 Å². The first-order chi connectivity index (χ1) is 13.5. The molecule has 1 heterocycles. The molecule has 1 amide bonds. The smallest absolute Gasteiger partial charge is 0.349 e. The van der Waals surface area contributed by atoms with Crippen molar-refractivity contribution in [1.29, 1.82) is 0 Å². The highest BCUT2D eigenvalue weighted by Crippen LogP contribution is 2.32. The Morgan fingerprint density at radius 3 is 2.68 bits per heavy atom. The summed E-state index contributed by atoms with van der Waals surface area (Å²) in [4.78, 5) is 24.6. The Morgan fingerprint density at radius 1 is 1.14 bits per heavy atom. The van der Waals surface area contributed by atoms with Gasteiger partial charge in [-0.2, -0.15) is 0 Å². The van der Waals surface area contributed by atoms with E-state index in [0.717, 1.165) is 22.6 Å². The minimum Gasteiger partial charge on any atom is -0.496 e. The lowest BCUT2D eigenvalue weighted by Gasteiger charge is -2.09. The van der Waals surface area contributed by atoms with E-state index in [1.165, 1.54) is 6.07 Å². The van der Waals surface area contributed by atoms with Crippen molar-refractivity contribution in [2.24, 2.45) is 0 Å². The molecule has 3 aromatic rings. The van der Waals surface area contributed by atoms with Crippen molar-refractivity contribution in [2.75, 3.05) is 20.3 Å². The van der Waals surface area contributed by atoms with Crippen molar-refractivity contribution in [3.63, 3.8) is 0 Å². The molecule has 146 valence electrons. The monoisotopic (exact) mass is 401 g/mol. The summed E-state index contributed by atoms with van der Waals surface area (Å²) in [5.41, 5.74) is 1.50. The van der Waals surface area contributed by atoms with Gasteiger partial charge >= 0.3 is 5.97 Å². The molecule has 1 N–H and O–H groups in total. The third-order valence-electron chi connectivity index (χ3n) is 4.33. The molecule has 2 aromatic carbocycles. The maximum atomic E-state index is 14.0. The molecule has 1 aromatic heterocycles. The molecular formula is C21H20FNO4S. The van der Waals surface area contributed by atoms with Crippen LogP contribution in [0.3, 0.4) is 0 Å². The molecule has 0 unspecified atom stereocenters. The first-order valence-corrected chi connectivity index (χ1v) is 9.56. The number of benzene rings is 2. The average molecular weight is 401 g/mol. The molecule has 0 bridgehead atoms. The molecule has 0 atom stereocenters. The van der Waals surface area contributed by atoms with Gasteiger partial charge in [0.2, 0.25) is 0 Å². The van der Waals surface area contributed by atoms with Crippen LogP contribution in [0.25, 0.3) is 10.1 Å². The van der Waals surface area contributed by atoms with Gasteiger partial charge in [-0.25, -0.2) is 9.18 Å². The van der Waals surface area contributed by atoms with Gasteiger partial charge < -0.3 is 14.8 Å². The predicted molar refractivity (Wildman–Crippen MR) is 107 cm³/mol. The van der Waals surface area contributed by atoms with E-state index in [1.54, 1.807) is 26.2 Å². The minimum atomic E-state index is -0.627. The molecule has 0 aliphatic rings. The third-order valence-corrected chi connectivity index (χ3v) is 5.57. The number of nitrogens with one attached hydrogen (secondary N) is 1. The van der Waals surface area contributed by atoms with Gasteiger partial charge in [-0.15, -0.1) is 11.3 Å². The van der Waals surface area contributed by atoms with E-state index in [0.29, 0.717) is 33.5 Å². The first kappa shape index (κ1) is 19.8. The second-order valence-corrected chi connectivity index (χ2v) is 7.21. The lowest BCUT2D eigenvalue weighted by Crippen LogP contribution is -2.30. The van der Waals surface area contributed by atoms with Crippen LogP contribution in [-0.4, -0.2) is 32.1 Å². The van der Waals surface area contributed by atoms with Crippen molar-refractivity contribution in [1.82, 2.24) is 5.32 Å². The highest BCUT2D eigenvalue weighted by Gasteiger charge is 2.19. The SMILES string of the molecule is COc1ccccc1CCNC(=O)COC(=O)c1sc2cccc(F)c2c1C. The van der Waals surface area contributed by atoms with Crippen LogP contribution in [0.15, 0.2) is 42.5 Å². The van der Waals surface area contributed by atoms with Crippen molar-refractivity contribution in [3.8, 4) is 5.75 Å². The van der Waals surface area contributed by atoms with E-state index in [9.17, 15) is 14.0 Å². The predicted octanol–water partition coefficient (Wildman–Crippen LogP) is 3.87. The number of esters is 1. The fourth-order valence-corrected chi connectivity index (χ4v) is 4.06. The average Bonchev–Trinajstić information content (AvgIpc) is 3.04. The van der Waals surface area contributed by atoms with E-state index in [1.807, 2.05) is 24.3 Å². The number of hydrogen-bond acceptors (Lipinski definition) is 5. The van der Waals surface area contributed by atoms with Crippen molar-refractivity contribution >= 4 is 33.3 Å². The van der Waals surface area contributed by atoms with Gasteiger partial charge in [0.25, 0.3) is 5.91 Å². The van der Waals surface area contributed by atoms with Crippen LogP contribution in [0.1, 0.15) is 20.8 Å². The fraction of sp³-hybridized carbons (Fsp3) is 0.238. The number of para-hydroxylation sites is 1. The van der Waals surface area contributed by atoms with Gasteiger partial charge in [-0.05, 0) is 42.7 Å². The largest absolute Gasteiger partial charge is 0.496 e. The second kappa shape index (κ2) is 8.84. The van der Waals surface area contributed by atoms with Crippen molar-refractivity contribution < 1.29 is 23.5 Å². The van der Waals surface area contributed by atoms with Crippen molar-refractivity contribution in [3.05, 3.63) is 64.3 Å². The normalized spacial score (nSPS) is 10.7. The Kier molecular flexibility index (Phi) is 6.26. The number of halogens is 1. The molecule has 28 heavy (non-hydrogen) atoms. The number of rotatable bonds is 7. The molecule has 0 saturated carbocycles. The van der Waals surface area contributed by atoms with Crippen LogP contribution in [0, 0.1) is 12.7 Å². The Balaban J connectivity index is 1.53. The molecule has 0 aliphatic carbocycles. The highest BCUT2D eigenvalue weighted by atomic mass is 32.1. The van der Waals surface area contributed by atoms with Crippen LogP contribution in [0.5, 0.6) is 5.75 Å². The molecule has 0 spiro atoms. The Bertz CT molecular complexity index is 1010. The second-order valence-electron chi connectivity index (χ2n) is 6.16. The van der Waals surface area contributed by atoms with Crippen LogP contribution in [-0.2, 0) is 16.0 Å². The fourth-order valence-electron chi connectivity index (χ4n) is 2.94. The molecule has 3 rings (SSSR count). The Morgan fingerprint density at radius 2 is 1.93 bits per heavy atom. The number of ether oxygens (including phenoxy) is 2. The molecule has 0 aliphatic heterocycles. The van der Waals surface area contributed by atoms with E-state index in [-0.39, 0.29) is 12.4 Å². The summed E-state index contributed by atoms with van der Waals surface area (Å²) >= 11 is 1.16. The van der Waals surface area contributed by atoms with Crippen molar-refractivity contribution in [2.45, 2.75) is 13.3 Å². The summed E-state index contributed by atoms with van der Waals surface area (Å²) in [6, 6.07) is 12.3. The quantitative estimate of drug-likeness (QED) is 0.611. The molecular weight excluding hydrogens is 381 g/mol. The highest BCUT2D eigenvalue weighted by molar-refractivity contribution is 7.21. The summed E-state index contributed by atoms with van der Waals surface area (Å²) in [7, 11) is 1.60. The zero-order chi connectivity index (χ0) is 20.1. The number of aryl methyl sites for hydroxylation is 1. The maximum Gasteiger partial charge on any atom is 0.349 e. The van der Waals surface area contributed by atoms with Gasteiger partial charge in [0, 0.05) is 16.6 Å². The number of amides is 1. The topological polar surface area (TPSA) is 64.6 Å². The molecule has 7 heteroatoms. The zero-order valence-electron chi connectivity index (χ0n) is 15.6. The van der Waals surface area contributed by atoms with Gasteiger partial charge in [0.05, 0.1) is 7.11 Å². The summed E-state index contributed by atoms with van der Waals surface area (Å²) < 4.78 is 25.0. The van der Waals surface area contributed by atoms with Crippen LogP contribution in [0.2, 0.25) is 0 Å². The summed E-state index contributed by atoms with van der Waals surface area (Å²) in [6.45, 7) is 1.68. The number of carbonyl (C=O) groups excluding carboxylic acids is 2. The molecule has 5 nitrogen and oxygen atoms in total. The summed E-state index contributed by atoms with van der Waals surface area (Å²) in [5.74, 6) is -0.638. The number of hydrogen-bond donors (Lipinski definition) is 1. The summed E-state index contributed by atoms with van der Waals surface area (Å²) in [5, 5.41) is 3.13. The van der Waals surface area contributed by atoms with E-state index >= 15 is 0 Å². The van der Waals surface area contributed by atoms with Gasteiger partial charge in [0.1, 0.15) is 16.4 Å². The summed E-state index contributed by atoms with van der Waals surface area (Å²) in [6.07, 6.45) is 0.596. The minimum absolute atomic E-state index is 0.307. The Hall–Kier alpha value is -2.93. The maximum absolute atomic E-state index is 14.0. The Labute approximate surface area is 166 Å². The van der Waals surface area contributed by atoms with E-state index < -0.39 is 11.9 Å². The number of thiophene rings is 1. The van der Waals surface area contributed by atoms with Crippen LogP contribution < -0.4 is 10.1 Å². The van der Waals surface area contributed by atoms with Crippen LogP contribution >= 0.6 is 11.3 Å². The lowest BCUT2D eigenvalue weighted by atomic mass is 10.1. The third kappa shape index (κ3) is 4.31.